The molecule has 4 aromatic heterocycles. The average Bonchev–Trinajstić information content (AvgIpc) is 3.79. The van der Waals surface area contributed by atoms with Crippen LogP contribution in [-0.2, 0) is 22.4 Å². The normalized spacial score (nSPS) is 14.0. The van der Waals surface area contributed by atoms with Crippen LogP contribution in [0.15, 0.2) is 48.5 Å². The summed E-state index contributed by atoms with van der Waals surface area (Å²) in [5, 5.41) is 8.67. The Balaban J connectivity index is 0.000000187. The molecule has 0 unspecified atom stereocenters. The Kier molecular flexibility index (Phi) is 12.3. The maximum atomic E-state index is 13.8. The number of nitrogens with one attached hydrogen (secondary N) is 5. The van der Waals surface area contributed by atoms with Crippen LogP contribution in [0.2, 0.25) is 0 Å². The van der Waals surface area contributed by atoms with Crippen LogP contribution >= 0.6 is 12.4 Å². The van der Waals surface area contributed by atoms with Crippen LogP contribution < -0.4 is 33.2 Å². The minimum atomic E-state index is -0.575. The number of anilines is 1. The highest BCUT2D eigenvalue weighted by atomic mass is 35.5. The topological polar surface area (TPSA) is 266 Å². The predicted octanol–water partition coefficient (Wildman–Crippen LogP) is 3.10. The molecule has 6 heterocycles. The van der Waals surface area contributed by atoms with Crippen molar-refractivity contribution in [1.82, 2.24) is 40.5 Å². The number of carbonyl (C=O) groups is 4. The SMILES string of the molecule is C[C@H](N)C(N)=O.Cc1nc2cccc(-c3cc4c([nH]3)CCNC4=O)c2nc1F.Cc1nc2cccc(-c3cc4c([nH]3)CCNC4=O)c2nc1N[C@@H](C)C(N)=O.Cl. The first-order valence-corrected chi connectivity index (χ1v) is 17.5. The van der Waals surface area contributed by atoms with Gasteiger partial charge in [0.25, 0.3) is 11.8 Å². The van der Waals surface area contributed by atoms with Crippen LogP contribution in [0.4, 0.5) is 10.2 Å². The molecule has 4 amide bonds. The zero-order valence-corrected chi connectivity index (χ0v) is 31.9. The summed E-state index contributed by atoms with van der Waals surface area (Å²) in [5.74, 6) is -1.15. The van der Waals surface area contributed by atoms with Gasteiger partial charge in [0.2, 0.25) is 17.8 Å². The highest BCUT2D eigenvalue weighted by molar-refractivity contribution is 6.00. The van der Waals surface area contributed by atoms with Crippen molar-refractivity contribution in [3.05, 3.63) is 88.4 Å². The molecule has 56 heavy (non-hydrogen) atoms. The fourth-order valence-corrected chi connectivity index (χ4v) is 6.03. The van der Waals surface area contributed by atoms with Crippen molar-refractivity contribution >= 4 is 63.9 Å². The molecule has 0 bridgehead atoms. The number of para-hydroxylation sites is 2. The maximum absolute atomic E-state index is 13.8. The Morgan fingerprint density at radius 1 is 0.732 bits per heavy atom. The van der Waals surface area contributed by atoms with Gasteiger partial charge in [0.05, 0.1) is 39.6 Å². The van der Waals surface area contributed by atoms with Crippen LogP contribution in [0, 0.1) is 19.8 Å². The summed E-state index contributed by atoms with van der Waals surface area (Å²) >= 11 is 0. The summed E-state index contributed by atoms with van der Waals surface area (Å²) in [4.78, 5) is 69.3. The second-order valence-electron chi connectivity index (χ2n) is 13.2. The number of benzene rings is 2. The second kappa shape index (κ2) is 16.9. The number of aromatic nitrogens is 6. The van der Waals surface area contributed by atoms with Gasteiger partial charge in [-0.2, -0.15) is 4.39 Å². The number of hydrogen-bond donors (Lipinski definition) is 8. The molecule has 0 saturated heterocycles. The summed E-state index contributed by atoms with van der Waals surface area (Å²) < 4.78 is 13.8. The maximum Gasteiger partial charge on any atom is 0.253 e. The van der Waals surface area contributed by atoms with E-state index in [1.54, 1.807) is 32.9 Å². The highest BCUT2D eigenvalue weighted by Gasteiger charge is 2.23. The highest BCUT2D eigenvalue weighted by Crippen LogP contribution is 2.31. The molecule has 11 N–H and O–H groups in total. The fraction of sp³-hybridized carbons (Fsp3) is 0.263. The molecular weight excluding hydrogens is 743 g/mol. The van der Waals surface area contributed by atoms with E-state index >= 15 is 0 Å². The van der Waals surface area contributed by atoms with Crippen molar-refractivity contribution in [2.24, 2.45) is 17.2 Å². The lowest BCUT2D eigenvalue weighted by Crippen LogP contribution is -2.33. The zero-order chi connectivity index (χ0) is 39.6. The molecule has 0 saturated carbocycles. The number of nitrogens with two attached hydrogens (primary N) is 3. The van der Waals surface area contributed by atoms with Crippen molar-refractivity contribution in [3.8, 4) is 22.5 Å². The summed E-state index contributed by atoms with van der Waals surface area (Å²) in [6.07, 6.45) is 1.52. The molecule has 2 aromatic carbocycles. The minimum Gasteiger partial charge on any atom is -0.368 e. The van der Waals surface area contributed by atoms with E-state index in [2.05, 4.69) is 46.6 Å². The van der Waals surface area contributed by atoms with Gasteiger partial charge in [-0.3, -0.25) is 19.2 Å². The number of primary amides is 2. The number of nitrogens with zero attached hydrogens (tertiary/aromatic N) is 4. The third-order valence-corrected chi connectivity index (χ3v) is 9.10. The molecule has 6 aromatic rings. The monoisotopic (exact) mass is 784 g/mol. The molecular formula is C38H42ClFN12O4. The number of carbonyl (C=O) groups excluding carboxylic acids is 4. The molecule has 18 heteroatoms. The van der Waals surface area contributed by atoms with Gasteiger partial charge < -0.3 is 43.1 Å². The number of H-pyrrole nitrogens is 2. The fourth-order valence-electron chi connectivity index (χ4n) is 6.03. The van der Waals surface area contributed by atoms with Gasteiger partial charge in [-0.05, 0) is 52.0 Å². The number of rotatable bonds is 6. The Labute approximate surface area is 326 Å². The average molecular weight is 785 g/mol. The van der Waals surface area contributed by atoms with E-state index in [4.69, 9.17) is 16.5 Å². The lowest BCUT2D eigenvalue weighted by Gasteiger charge is -2.14. The minimum absolute atomic E-state index is 0. The molecule has 8 rings (SSSR count). The number of halogens is 2. The summed E-state index contributed by atoms with van der Waals surface area (Å²) in [7, 11) is 0. The number of hydrogen-bond acceptors (Lipinski definition) is 10. The summed E-state index contributed by atoms with van der Waals surface area (Å²) in [6.45, 7) is 7.88. The first kappa shape index (κ1) is 40.7. The van der Waals surface area contributed by atoms with E-state index in [1.165, 1.54) is 0 Å². The number of aryl methyl sites for hydroxylation is 2. The van der Waals surface area contributed by atoms with E-state index in [-0.39, 0.29) is 29.9 Å². The van der Waals surface area contributed by atoms with Crippen LogP contribution in [0.25, 0.3) is 44.6 Å². The molecule has 0 fully saturated rings. The van der Waals surface area contributed by atoms with Crippen molar-refractivity contribution < 1.29 is 23.6 Å². The Hall–Kier alpha value is -6.46. The van der Waals surface area contributed by atoms with E-state index in [0.29, 0.717) is 52.3 Å². The summed E-state index contributed by atoms with van der Waals surface area (Å²) in [6, 6.07) is 13.8. The van der Waals surface area contributed by atoms with Crippen molar-refractivity contribution in [2.45, 2.75) is 52.6 Å². The zero-order valence-electron chi connectivity index (χ0n) is 31.0. The van der Waals surface area contributed by atoms with Gasteiger partial charge in [0.1, 0.15) is 22.9 Å². The smallest absolute Gasteiger partial charge is 0.253 e. The van der Waals surface area contributed by atoms with Crippen molar-refractivity contribution in [3.63, 3.8) is 0 Å². The molecule has 0 aliphatic carbocycles. The Morgan fingerprint density at radius 2 is 1.20 bits per heavy atom. The van der Waals surface area contributed by atoms with E-state index in [1.807, 2.05) is 43.3 Å². The van der Waals surface area contributed by atoms with Gasteiger partial charge in [-0.1, -0.05) is 24.3 Å². The van der Waals surface area contributed by atoms with Gasteiger partial charge in [0, 0.05) is 59.8 Å². The molecule has 0 radical (unpaired) electrons. The number of amides is 4. The lowest BCUT2D eigenvalue weighted by molar-refractivity contribution is -0.119. The largest absolute Gasteiger partial charge is 0.368 e. The first-order valence-electron chi connectivity index (χ1n) is 17.5. The Morgan fingerprint density at radius 3 is 1.64 bits per heavy atom. The third-order valence-electron chi connectivity index (χ3n) is 9.10. The molecule has 2 aliphatic rings. The molecule has 2 aliphatic heterocycles. The van der Waals surface area contributed by atoms with Crippen LogP contribution in [-0.4, -0.2) is 78.7 Å². The molecule has 0 spiro atoms. The standard InChI is InChI=1S/C19H20N6O2.C16H13FN4O.C3H8N2O.ClH/c1-9(17(20)26)23-18-10(2)22-14-5-3-4-11(16(14)25-18)15-8-12-13(24-15)6-7-21-19(12)27;1-8-15(17)21-14-9(3-2-4-12(14)19-8)13-7-10-11(20-13)5-6-18-16(10)22;1-2(4)3(5)6;/h3-5,8-9,24H,6-7H2,1-2H3,(H2,20,26)(H,21,27)(H,23,25);2-4,7,20H,5-6H2,1H3,(H,18,22);2H,4H2,1H3,(H2,5,6);1H/t9-;;2-;/m0.0./s1. The first-order chi connectivity index (χ1) is 26.2. The van der Waals surface area contributed by atoms with Gasteiger partial charge >= 0.3 is 0 Å². The molecule has 16 nitrogen and oxygen atoms in total. The molecule has 2 atom stereocenters. The van der Waals surface area contributed by atoms with Crippen molar-refractivity contribution in [2.75, 3.05) is 18.4 Å². The second-order valence-corrected chi connectivity index (χ2v) is 13.2. The quantitative estimate of drug-likeness (QED) is 0.122. The van der Waals surface area contributed by atoms with Crippen LogP contribution in [0.3, 0.4) is 0 Å². The van der Waals surface area contributed by atoms with E-state index in [9.17, 15) is 23.6 Å². The summed E-state index contributed by atoms with van der Waals surface area (Å²) in [5.41, 5.74) is 24.7. The Bertz CT molecular complexity index is 2480. The van der Waals surface area contributed by atoms with Gasteiger partial charge in [-0.15, -0.1) is 12.4 Å². The molecule has 292 valence electrons. The predicted molar refractivity (Wildman–Crippen MR) is 213 cm³/mol. The van der Waals surface area contributed by atoms with Gasteiger partial charge in [0.15, 0.2) is 0 Å². The van der Waals surface area contributed by atoms with Crippen LogP contribution in [0.5, 0.6) is 0 Å². The van der Waals surface area contributed by atoms with E-state index < -0.39 is 29.8 Å². The van der Waals surface area contributed by atoms with E-state index in [0.717, 1.165) is 52.3 Å². The van der Waals surface area contributed by atoms with Crippen molar-refractivity contribution in [1.29, 1.82) is 0 Å². The van der Waals surface area contributed by atoms with Crippen LogP contribution in [0.1, 0.15) is 57.3 Å². The van der Waals surface area contributed by atoms with Gasteiger partial charge in [-0.25, -0.2) is 19.9 Å². The lowest BCUT2D eigenvalue weighted by atomic mass is 10.1. The third kappa shape index (κ3) is 8.58. The number of aromatic amines is 2. The number of fused-ring (bicyclic) bond motifs is 4.